The standard InChI is InChI=1S/C21H23N5O/c1-22-15-6-7-19-18(13-15)21(24-16-4-3-5-17(12-16)27-2)26-20(25-19)14-8-10-23-11-9-14/h3-5,8-12,15,22H,6-7,13H2,1-2H3,(H,24,25,26). The van der Waals surface area contributed by atoms with E-state index in [1.165, 1.54) is 5.56 Å². The predicted molar refractivity (Wildman–Crippen MR) is 106 cm³/mol. The quantitative estimate of drug-likeness (QED) is 0.726. The fraction of sp³-hybridized carbons (Fsp3) is 0.286. The zero-order valence-electron chi connectivity index (χ0n) is 15.6. The maximum Gasteiger partial charge on any atom is 0.161 e. The minimum Gasteiger partial charge on any atom is -0.497 e. The minimum atomic E-state index is 0.443. The maximum atomic E-state index is 5.34. The zero-order chi connectivity index (χ0) is 18.6. The van der Waals surface area contributed by atoms with E-state index in [9.17, 15) is 0 Å². The van der Waals surface area contributed by atoms with E-state index in [1.807, 2.05) is 43.4 Å². The molecular weight excluding hydrogens is 338 g/mol. The molecule has 1 unspecified atom stereocenters. The van der Waals surface area contributed by atoms with Gasteiger partial charge >= 0.3 is 0 Å². The van der Waals surface area contributed by atoms with E-state index in [4.69, 9.17) is 14.7 Å². The lowest BCUT2D eigenvalue weighted by molar-refractivity contribution is 0.415. The normalized spacial score (nSPS) is 15.9. The summed E-state index contributed by atoms with van der Waals surface area (Å²) < 4.78 is 5.34. The summed E-state index contributed by atoms with van der Waals surface area (Å²) in [6.07, 6.45) is 6.46. The van der Waals surface area contributed by atoms with Crippen molar-refractivity contribution in [3.63, 3.8) is 0 Å². The summed E-state index contributed by atoms with van der Waals surface area (Å²) in [5.41, 5.74) is 4.22. The van der Waals surface area contributed by atoms with E-state index in [2.05, 4.69) is 15.6 Å². The molecule has 3 aromatic rings. The highest BCUT2D eigenvalue weighted by molar-refractivity contribution is 5.66. The van der Waals surface area contributed by atoms with E-state index < -0.39 is 0 Å². The molecule has 0 fully saturated rings. The van der Waals surface area contributed by atoms with Crippen molar-refractivity contribution >= 4 is 11.5 Å². The molecule has 138 valence electrons. The molecule has 0 bridgehead atoms. The number of anilines is 2. The number of nitrogens with one attached hydrogen (secondary N) is 2. The number of likely N-dealkylation sites (N-methyl/N-ethyl adjacent to an activating group) is 1. The molecule has 2 N–H and O–H groups in total. The second kappa shape index (κ2) is 7.72. The molecule has 0 amide bonds. The fourth-order valence-corrected chi connectivity index (χ4v) is 3.43. The Balaban J connectivity index is 1.77. The van der Waals surface area contributed by atoms with Crippen molar-refractivity contribution in [1.82, 2.24) is 20.3 Å². The number of fused-ring (bicyclic) bond motifs is 1. The summed E-state index contributed by atoms with van der Waals surface area (Å²) in [4.78, 5) is 13.8. The molecule has 6 nitrogen and oxygen atoms in total. The van der Waals surface area contributed by atoms with Gasteiger partial charge in [0.1, 0.15) is 11.6 Å². The van der Waals surface area contributed by atoms with Crippen LogP contribution in [0.5, 0.6) is 5.75 Å². The summed E-state index contributed by atoms with van der Waals surface area (Å²) >= 11 is 0. The van der Waals surface area contributed by atoms with Crippen LogP contribution < -0.4 is 15.4 Å². The number of nitrogens with zero attached hydrogens (tertiary/aromatic N) is 3. The van der Waals surface area contributed by atoms with Crippen LogP contribution in [0, 0.1) is 0 Å². The first-order chi connectivity index (χ1) is 13.3. The Bertz CT molecular complexity index is 929. The molecule has 1 aromatic carbocycles. The van der Waals surface area contributed by atoms with Crippen LogP contribution in [0.3, 0.4) is 0 Å². The number of pyridine rings is 1. The first-order valence-electron chi connectivity index (χ1n) is 9.15. The third-order valence-corrected chi connectivity index (χ3v) is 4.95. The number of methoxy groups -OCH3 is 1. The third kappa shape index (κ3) is 3.75. The Morgan fingerprint density at radius 2 is 1.96 bits per heavy atom. The van der Waals surface area contributed by atoms with Gasteiger partial charge in [-0.1, -0.05) is 6.07 Å². The monoisotopic (exact) mass is 361 g/mol. The zero-order valence-corrected chi connectivity index (χ0v) is 15.6. The molecule has 27 heavy (non-hydrogen) atoms. The number of benzene rings is 1. The van der Waals surface area contributed by atoms with Crippen molar-refractivity contribution in [2.24, 2.45) is 0 Å². The van der Waals surface area contributed by atoms with Crippen LogP contribution in [0.2, 0.25) is 0 Å². The highest BCUT2D eigenvalue weighted by Crippen LogP contribution is 2.31. The lowest BCUT2D eigenvalue weighted by Crippen LogP contribution is -2.32. The summed E-state index contributed by atoms with van der Waals surface area (Å²) in [6.45, 7) is 0. The lowest BCUT2D eigenvalue weighted by atomic mass is 9.91. The number of ether oxygens (including phenoxy) is 1. The van der Waals surface area contributed by atoms with E-state index in [0.29, 0.717) is 6.04 Å². The molecule has 0 saturated carbocycles. The van der Waals surface area contributed by atoms with Gasteiger partial charge in [0.2, 0.25) is 0 Å². The molecule has 0 radical (unpaired) electrons. The van der Waals surface area contributed by atoms with Gasteiger partial charge < -0.3 is 15.4 Å². The van der Waals surface area contributed by atoms with Crippen molar-refractivity contribution in [2.45, 2.75) is 25.3 Å². The highest BCUT2D eigenvalue weighted by Gasteiger charge is 2.23. The van der Waals surface area contributed by atoms with Crippen molar-refractivity contribution < 1.29 is 4.74 Å². The van der Waals surface area contributed by atoms with Crippen LogP contribution in [0.15, 0.2) is 48.8 Å². The van der Waals surface area contributed by atoms with Gasteiger partial charge in [-0.2, -0.15) is 0 Å². The van der Waals surface area contributed by atoms with Gasteiger partial charge in [-0.25, -0.2) is 9.97 Å². The summed E-state index contributed by atoms with van der Waals surface area (Å²) in [5.74, 6) is 2.40. The van der Waals surface area contributed by atoms with Gasteiger partial charge in [-0.3, -0.25) is 4.98 Å². The number of hydrogen-bond donors (Lipinski definition) is 2. The second-order valence-corrected chi connectivity index (χ2v) is 6.64. The largest absolute Gasteiger partial charge is 0.497 e. The molecule has 6 heteroatoms. The molecule has 0 spiro atoms. The molecule has 1 atom stereocenters. The van der Waals surface area contributed by atoms with Gasteiger partial charge in [0.05, 0.1) is 7.11 Å². The first-order valence-corrected chi connectivity index (χ1v) is 9.15. The number of aryl methyl sites for hydroxylation is 1. The number of hydrogen-bond acceptors (Lipinski definition) is 6. The van der Waals surface area contributed by atoms with Gasteiger partial charge in [0.15, 0.2) is 5.82 Å². The summed E-state index contributed by atoms with van der Waals surface area (Å²) in [7, 11) is 3.68. The molecule has 1 aliphatic rings. The SMILES string of the molecule is CNC1CCc2nc(-c3ccncc3)nc(Nc3cccc(OC)c3)c2C1. The van der Waals surface area contributed by atoms with E-state index in [-0.39, 0.29) is 0 Å². The van der Waals surface area contributed by atoms with Crippen LogP contribution in [-0.4, -0.2) is 35.2 Å². The molecule has 2 heterocycles. The van der Waals surface area contributed by atoms with E-state index >= 15 is 0 Å². The van der Waals surface area contributed by atoms with Gasteiger partial charge in [-0.05, 0) is 50.6 Å². The maximum absolute atomic E-state index is 5.34. The lowest BCUT2D eigenvalue weighted by Gasteiger charge is -2.26. The number of aromatic nitrogens is 3. The number of rotatable bonds is 5. The smallest absolute Gasteiger partial charge is 0.161 e. The van der Waals surface area contributed by atoms with Crippen LogP contribution in [0.1, 0.15) is 17.7 Å². The van der Waals surface area contributed by atoms with E-state index in [0.717, 1.165) is 53.6 Å². The van der Waals surface area contributed by atoms with Crippen LogP contribution in [0.4, 0.5) is 11.5 Å². The Morgan fingerprint density at radius 3 is 2.74 bits per heavy atom. The van der Waals surface area contributed by atoms with Crippen molar-refractivity contribution in [2.75, 3.05) is 19.5 Å². The summed E-state index contributed by atoms with van der Waals surface area (Å²) in [5, 5.41) is 6.88. The molecule has 2 aromatic heterocycles. The topological polar surface area (TPSA) is 72.0 Å². The first kappa shape index (κ1) is 17.4. The Morgan fingerprint density at radius 1 is 1.11 bits per heavy atom. The van der Waals surface area contributed by atoms with Crippen molar-refractivity contribution in [3.8, 4) is 17.1 Å². The molecule has 4 rings (SSSR count). The van der Waals surface area contributed by atoms with Gasteiger partial charge in [0.25, 0.3) is 0 Å². The summed E-state index contributed by atoms with van der Waals surface area (Å²) in [6, 6.07) is 12.2. The molecular formula is C21H23N5O. The Labute approximate surface area is 159 Å². The van der Waals surface area contributed by atoms with E-state index in [1.54, 1.807) is 19.5 Å². The van der Waals surface area contributed by atoms with Crippen LogP contribution in [0.25, 0.3) is 11.4 Å². The van der Waals surface area contributed by atoms with Crippen LogP contribution in [-0.2, 0) is 12.8 Å². The van der Waals surface area contributed by atoms with Crippen LogP contribution >= 0.6 is 0 Å². The van der Waals surface area contributed by atoms with Crippen molar-refractivity contribution in [1.29, 1.82) is 0 Å². The van der Waals surface area contributed by atoms with Crippen molar-refractivity contribution in [3.05, 3.63) is 60.0 Å². The average molecular weight is 361 g/mol. The second-order valence-electron chi connectivity index (χ2n) is 6.64. The third-order valence-electron chi connectivity index (χ3n) is 4.95. The Kier molecular flexibility index (Phi) is 4.98. The highest BCUT2D eigenvalue weighted by atomic mass is 16.5. The predicted octanol–water partition coefficient (Wildman–Crippen LogP) is 3.37. The minimum absolute atomic E-state index is 0.443. The molecule has 0 saturated heterocycles. The van der Waals surface area contributed by atoms with Gasteiger partial charge in [-0.15, -0.1) is 0 Å². The molecule has 0 aliphatic heterocycles. The van der Waals surface area contributed by atoms with Gasteiger partial charge in [0, 0.05) is 47.0 Å². The fourth-order valence-electron chi connectivity index (χ4n) is 3.43. The molecule has 1 aliphatic carbocycles. The average Bonchev–Trinajstić information content (AvgIpc) is 2.74. The Hall–Kier alpha value is -2.99.